The Kier molecular flexibility index (Phi) is 3.80. The van der Waals surface area contributed by atoms with E-state index in [1.54, 1.807) is 19.2 Å². The van der Waals surface area contributed by atoms with Gasteiger partial charge in [0.05, 0.1) is 17.4 Å². The average molecular weight is 355 g/mol. The van der Waals surface area contributed by atoms with Crippen LogP contribution in [0.4, 0.5) is 24.7 Å². The fourth-order valence-electron chi connectivity index (χ4n) is 2.53. The second-order valence-electron chi connectivity index (χ2n) is 5.77. The number of halogens is 3. The summed E-state index contributed by atoms with van der Waals surface area (Å²) in [5, 5.41) is 10.2. The molecule has 0 bridgehead atoms. The van der Waals surface area contributed by atoms with Crippen molar-refractivity contribution in [1.29, 1.82) is 0 Å². The Hall–Kier alpha value is -3.42. The van der Waals surface area contributed by atoms with Crippen LogP contribution in [0.25, 0.3) is 22.3 Å². The van der Waals surface area contributed by atoms with Gasteiger partial charge >= 0.3 is 0 Å². The van der Waals surface area contributed by atoms with Crippen LogP contribution in [-0.4, -0.2) is 20.2 Å². The van der Waals surface area contributed by atoms with E-state index in [9.17, 15) is 13.2 Å². The van der Waals surface area contributed by atoms with E-state index in [-0.39, 0.29) is 11.5 Å². The molecule has 0 aliphatic heterocycles. The standard InChI is InChI=1S/C18H12F3N5/c1-9-7-22-18(10-2-3-12(19)13(20)4-10)25-17(9)24-16-5-11-8-23-26-15(11)6-14(16)21/h2-8H,1H3,(H,23,26)(H,22,24,25). The van der Waals surface area contributed by atoms with E-state index in [2.05, 4.69) is 25.5 Å². The average Bonchev–Trinajstić information content (AvgIpc) is 3.06. The molecule has 0 spiro atoms. The van der Waals surface area contributed by atoms with Crippen LogP contribution in [-0.2, 0) is 0 Å². The maximum Gasteiger partial charge on any atom is 0.161 e. The molecule has 5 nitrogen and oxygen atoms in total. The summed E-state index contributed by atoms with van der Waals surface area (Å²) in [6.45, 7) is 1.76. The van der Waals surface area contributed by atoms with E-state index < -0.39 is 17.5 Å². The number of nitrogens with zero attached hydrogens (tertiary/aromatic N) is 3. The molecular weight excluding hydrogens is 343 g/mol. The summed E-state index contributed by atoms with van der Waals surface area (Å²) in [6, 6.07) is 6.34. The van der Waals surface area contributed by atoms with Gasteiger partial charge in [0.2, 0.25) is 0 Å². The molecule has 0 radical (unpaired) electrons. The first-order chi connectivity index (χ1) is 12.5. The molecule has 0 unspecified atom stereocenters. The van der Waals surface area contributed by atoms with E-state index >= 15 is 0 Å². The van der Waals surface area contributed by atoms with Crippen LogP contribution in [0.3, 0.4) is 0 Å². The van der Waals surface area contributed by atoms with Crippen molar-refractivity contribution in [2.24, 2.45) is 0 Å². The van der Waals surface area contributed by atoms with E-state index in [1.807, 2.05) is 0 Å². The fourth-order valence-corrected chi connectivity index (χ4v) is 2.53. The number of benzene rings is 2. The Morgan fingerprint density at radius 3 is 2.62 bits per heavy atom. The van der Waals surface area contributed by atoms with Crippen molar-refractivity contribution in [3.63, 3.8) is 0 Å². The van der Waals surface area contributed by atoms with Crippen molar-refractivity contribution < 1.29 is 13.2 Å². The van der Waals surface area contributed by atoms with Crippen LogP contribution in [0.1, 0.15) is 5.56 Å². The minimum atomic E-state index is -0.988. The first-order valence-corrected chi connectivity index (χ1v) is 7.70. The highest BCUT2D eigenvalue weighted by molar-refractivity contribution is 5.83. The van der Waals surface area contributed by atoms with Crippen molar-refractivity contribution in [2.45, 2.75) is 6.92 Å². The molecule has 0 amide bonds. The molecule has 26 heavy (non-hydrogen) atoms. The molecule has 4 rings (SSSR count). The maximum absolute atomic E-state index is 14.3. The summed E-state index contributed by atoms with van der Waals surface area (Å²) in [6.07, 6.45) is 3.11. The normalized spacial score (nSPS) is 11.1. The number of aryl methyl sites for hydroxylation is 1. The minimum Gasteiger partial charge on any atom is -0.337 e. The number of aromatic amines is 1. The van der Waals surface area contributed by atoms with Crippen LogP contribution < -0.4 is 5.32 Å². The molecule has 0 aliphatic rings. The largest absolute Gasteiger partial charge is 0.337 e. The highest BCUT2D eigenvalue weighted by Gasteiger charge is 2.12. The van der Waals surface area contributed by atoms with Gasteiger partial charge in [0.1, 0.15) is 11.6 Å². The van der Waals surface area contributed by atoms with E-state index in [1.165, 1.54) is 18.3 Å². The molecule has 8 heteroatoms. The van der Waals surface area contributed by atoms with Gasteiger partial charge in [-0.25, -0.2) is 23.1 Å². The van der Waals surface area contributed by atoms with E-state index in [4.69, 9.17) is 0 Å². The van der Waals surface area contributed by atoms with Crippen molar-refractivity contribution in [3.8, 4) is 11.4 Å². The lowest BCUT2D eigenvalue weighted by Crippen LogP contribution is -2.02. The van der Waals surface area contributed by atoms with Gasteiger partial charge in [-0.15, -0.1) is 0 Å². The zero-order valence-electron chi connectivity index (χ0n) is 13.5. The molecule has 0 aliphatic carbocycles. The number of hydrogen-bond acceptors (Lipinski definition) is 4. The first kappa shape index (κ1) is 16.1. The van der Waals surface area contributed by atoms with Crippen LogP contribution >= 0.6 is 0 Å². The quantitative estimate of drug-likeness (QED) is 0.568. The third kappa shape index (κ3) is 2.85. The number of hydrogen-bond donors (Lipinski definition) is 2. The third-order valence-electron chi connectivity index (χ3n) is 3.93. The maximum atomic E-state index is 14.3. The number of nitrogens with one attached hydrogen (secondary N) is 2. The number of anilines is 2. The molecule has 0 fully saturated rings. The number of fused-ring (bicyclic) bond motifs is 1. The lowest BCUT2D eigenvalue weighted by Gasteiger charge is -2.11. The predicted molar refractivity (Wildman–Crippen MR) is 91.5 cm³/mol. The highest BCUT2D eigenvalue weighted by atomic mass is 19.2. The topological polar surface area (TPSA) is 66.5 Å². The van der Waals surface area contributed by atoms with Crippen LogP contribution in [0.5, 0.6) is 0 Å². The second kappa shape index (κ2) is 6.14. The Labute approximate surface area is 145 Å². The summed E-state index contributed by atoms with van der Waals surface area (Å²) in [4.78, 5) is 8.45. The summed E-state index contributed by atoms with van der Waals surface area (Å²) in [5.41, 5.74) is 1.78. The van der Waals surface area contributed by atoms with E-state index in [0.717, 1.165) is 17.5 Å². The predicted octanol–water partition coefficient (Wildman–Crippen LogP) is 4.49. The summed E-state index contributed by atoms with van der Waals surface area (Å²) < 4.78 is 40.9. The fraction of sp³-hybridized carbons (Fsp3) is 0.0556. The van der Waals surface area contributed by atoms with Gasteiger partial charge in [0.25, 0.3) is 0 Å². The lowest BCUT2D eigenvalue weighted by atomic mass is 10.2. The summed E-state index contributed by atoms with van der Waals surface area (Å²) >= 11 is 0. The van der Waals surface area contributed by atoms with Crippen molar-refractivity contribution in [2.75, 3.05) is 5.32 Å². The second-order valence-corrected chi connectivity index (χ2v) is 5.77. The summed E-state index contributed by atoms with van der Waals surface area (Å²) in [7, 11) is 0. The van der Waals surface area contributed by atoms with Crippen molar-refractivity contribution >= 4 is 22.4 Å². The SMILES string of the molecule is Cc1cnc(-c2ccc(F)c(F)c2)nc1Nc1cc2cn[nH]c2cc1F. The molecule has 0 atom stereocenters. The minimum absolute atomic E-state index is 0.196. The lowest BCUT2D eigenvalue weighted by molar-refractivity contribution is 0.509. The molecule has 2 aromatic heterocycles. The molecule has 2 aromatic carbocycles. The van der Waals surface area contributed by atoms with Gasteiger partial charge in [-0.3, -0.25) is 5.10 Å². The van der Waals surface area contributed by atoms with Gasteiger partial charge in [-0.1, -0.05) is 0 Å². The molecule has 2 heterocycles. The number of aromatic nitrogens is 4. The summed E-state index contributed by atoms with van der Waals surface area (Å²) in [5.74, 6) is -1.86. The molecule has 2 N–H and O–H groups in total. The van der Waals surface area contributed by atoms with Crippen LogP contribution in [0.15, 0.2) is 42.7 Å². The third-order valence-corrected chi connectivity index (χ3v) is 3.93. The molecule has 130 valence electrons. The number of H-pyrrole nitrogens is 1. The molecule has 4 aromatic rings. The van der Waals surface area contributed by atoms with Gasteiger partial charge in [-0.05, 0) is 31.2 Å². The molecular formula is C18H12F3N5. The first-order valence-electron chi connectivity index (χ1n) is 7.70. The Bertz CT molecular complexity index is 1120. The Morgan fingerprint density at radius 1 is 0.962 bits per heavy atom. The zero-order valence-corrected chi connectivity index (χ0v) is 13.5. The van der Waals surface area contributed by atoms with Gasteiger partial charge in [0, 0.05) is 28.8 Å². The molecule has 0 saturated heterocycles. The highest BCUT2D eigenvalue weighted by Crippen LogP contribution is 2.27. The van der Waals surface area contributed by atoms with Gasteiger partial charge in [-0.2, -0.15) is 5.10 Å². The van der Waals surface area contributed by atoms with E-state index in [0.29, 0.717) is 22.5 Å². The Morgan fingerprint density at radius 2 is 1.81 bits per heavy atom. The van der Waals surface area contributed by atoms with Crippen molar-refractivity contribution in [1.82, 2.24) is 20.2 Å². The van der Waals surface area contributed by atoms with Crippen LogP contribution in [0.2, 0.25) is 0 Å². The monoisotopic (exact) mass is 355 g/mol. The van der Waals surface area contributed by atoms with Crippen molar-refractivity contribution in [3.05, 3.63) is 65.7 Å². The van der Waals surface area contributed by atoms with Crippen LogP contribution in [0, 0.1) is 24.4 Å². The molecule has 0 saturated carbocycles. The van der Waals surface area contributed by atoms with Gasteiger partial charge in [0.15, 0.2) is 17.5 Å². The Balaban J connectivity index is 1.73. The van der Waals surface area contributed by atoms with Gasteiger partial charge < -0.3 is 5.32 Å². The number of rotatable bonds is 3. The zero-order chi connectivity index (χ0) is 18.3. The smallest absolute Gasteiger partial charge is 0.161 e.